The van der Waals surface area contributed by atoms with Crippen molar-refractivity contribution >= 4 is 19.7 Å². The highest BCUT2D eigenvalue weighted by Gasteiger charge is 2.26. The minimum Gasteiger partial charge on any atom is -0.127 e. The zero-order chi connectivity index (χ0) is 8.20. The van der Waals surface area contributed by atoms with Crippen LogP contribution in [-0.4, -0.2) is 13.1 Å². The molecule has 0 saturated heterocycles. The van der Waals surface area contributed by atoms with Crippen LogP contribution in [0.4, 0.5) is 0 Å². The van der Waals surface area contributed by atoms with E-state index < -0.39 is 8.07 Å². The molecule has 0 radical (unpaired) electrons. The second kappa shape index (κ2) is 4.19. The topological polar surface area (TPSA) is 0 Å². The molecule has 0 aliphatic carbocycles. The van der Waals surface area contributed by atoms with E-state index in [0.717, 1.165) is 12.5 Å². The van der Waals surface area contributed by atoms with Crippen LogP contribution in [0.2, 0.25) is 19.1 Å². The highest BCUT2D eigenvalue weighted by Crippen LogP contribution is 2.21. The molecule has 1 atom stereocenters. The van der Waals surface area contributed by atoms with Gasteiger partial charge in [-0.15, -0.1) is 18.2 Å². The Labute approximate surface area is 70.3 Å². The fourth-order valence-corrected chi connectivity index (χ4v) is 3.42. The Hall–Kier alpha value is 0.247. The summed E-state index contributed by atoms with van der Waals surface area (Å²) >= 11 is 6.15. The zero-order valence-electron chi connectivity index (χ0n) is 7.15. The van der Waals surface area contributed by atoms with E-state index in [1.165, 1.54) is 0 Å². The van der Waals surface area contributed by atoms with E-state index in [4.69, 9.17) is 11.6 Å². The van der Waals surface area contributed by atoms with Crippen molar-refractivity contribution in [3.63, 3.8) is 0 Å². The summed E-state index contributed by atoms with van der Waals surface area (Å²) in [6.45, 7) is 10.5. The van der Waals surface area contributed by atoms with E-state index in [2.05, 4.69) is 26.6 Å². The molecule has 0 rings (SSSR count). The standard InChI is InChI=1S/C8H17ClSi/c1-5-7-10(3,4)8(9)6-2/h5,8H,1,6-7H2,2-4H3. The first kappa shape index (κ1) is 10.2. The summed E-state index contributed by atoms with van der Waals surface area (Å²) in [6.07, 6.45) is 3.09. The maximum atomic E-state index is 6.15. The van der Waals surface area contributed by atoms with Crippen molar-refractivity contribution in [2.45, 2.75) is 37.5 Å². The maximum absolute atomic E-state index is 6.15. The van der Waals surface area contributed by atoms with Crippen LogP contribution in [-0.2, 0) is 0 Å². The molecule has 0 aromatic heterocycles. The molecule has 0 spiro atoms. The van der Waals surface area contributed by atoms with Crippen LogP contribution in [0.25, 0.3) is 0 Å². The van der Waals surface area contributed by atoms with Crippen LogP contribution < -0.4 is 0 Å². The average Bonchev–Trinajstić information content (AvgIpc) is 1.86. The van der Waals surface area contributed by atoms with Gasteiger partial charge in [0.1, 0.15) is 0 Å². The van der Waals surface area contributed by atoms with Gasteiger partial charge in [-0.3, -0.25) is 0 Å². The summed E-state index contributed by atoms with van der Waals surface area (Å²) in [5.74, 6) is 0. The summed E-state index contributed by atoms with van der Waals surface area (Å²) in [5, 5.41) is 0.408. The molecule has 0 aromatic carbocycles. The van der Waals surface area contributed by atoms with Gasteiger partial charge in [0.2, 0.25) is 0 Å². The molecule has 0 aliphatic rings. The molecule has 2 heteroatoms. The number of hydrogen-bond acceptors (Lipinski definition) is 0. The number of hydrogen-bond donors (Lipinski definition) is 0. The fraction of sp³-hybridized carbons (Fsp3) is 0.750. The summed E-state index contributed by atoms with van der Waals surface area (Å²) in [4.78, 5) is 0. The van der Waals surface area contributed by atoms with Gasteiger partial charge < -0.3 is 0 Å². The van der Waals surface area contributed by atoms with Crippen LogP contribution in [0.1, 0.15) is 13.3 Å². The Morgan fingerprint density at radius 2 is 2.10 bits per heavy atom. The van der Waals surface area contributed by atoms with Gasteiger partial charge in [0.15, 0.2) is 0 Å². The Bertz CT molecular complexity index is 110. The van der Waals surface area contributed by atoms with E-state index in [9.17, 15) is 0 Å². The summed E-state index contributed by atoms with van der Waals surface area (Å²) in [5.41, 5.74) is 0. The van der Waals surface area contributed by atoms with Gasteiger partial charge in [-0.25, -0.2) is 0 Å². The molecule has 0 nitrogen and oxygen atoms in total. The summed E-state index contributed by atoms with van der Waals surface area (Å²) < 4.78 is 0. The number of allylic oxidation sites excluding steroid dienone is 1. The normalized spacial score (nSPS) is 14.8. The van der Waals surface area contributed by atoms with E-state index in [-0.39, 0.29) is 0 Å². The van der Waals surface area contributed by atoms with Crippen molar-refractivity contribution in [1.82, 2.24) is 0 Å². The van der Waals surface area contributed by atoms with Gasteiger partial charge in [-0.1, -0.05) is 26.1 Å². The molecule has 0 bridgehead atoms. The smallest absolute Gasteiger partial charge is 0.0715 e. The van der Waals surface area contributed by atoms with Crippen LogP contribution >= 0.6 is 11.6 Å². The predicted octanol–water partition coefficient (Wildman–Crippen LogP) is 3.44. The van der Waals surface area contributed by atoms with Gasteiger partial charge >= 0.3 is 0 Å². The third-order valence-corrected chi connectivity index (χ3v) is 7.40. The van der Waals surface area contributed by atoms with Crippen molar-refractivity contribution in [2.75, 3.05) is 0 Å². The molecule has 0 aliphatic heterocycles. The lowest BCUT2D eigenvalue weighted by Crippen LogP contribution is -2.36. The van der Waals surface area contributed by atoms with Crippen molar-refractivity contribution < 1.29 is 0 Å². The highest BCUT2D eigenvalue weighted by atomic mass is 35.5. The van der Waals surface area contributed by atoms with E-state index in [1.807, 2.05) is 6.08 Å². The average molecular weight is 177 g/mol. The molecular weight excluding hydrogens is 160 g/mol. The quantitative estimate of drug-likeness (QED) is 0.350. The van der Waals surface area contributed by atoms with Gasteiger partial charge in [-0.2, -0.15) is 0 Å². The van der Waals surface area contributed by atoms with Crippen LogP contribution in [0, 0.1) is 0 Å². The summed E-state index contributed by atoms with van der Waals surface area (Å²) in [6, 6.07) is 1.13. The molecular formula is C8H17ClSi. The first-order valence-corrected chi connectivity index (χ1v) is 7.51. The molecule has 0 amide bonds. The molecule has 10 heavy (non-hydrogen) atoms. The van der Waals surface area contributed by atoms with Crippen molar-refractivity contribution in [2.24, 2.45) is 0 Å². The molecule has 1 unspecified atom stereocenters. The molecule has 0 heterocycles. The number of halogens is 1. The Morgan fingerprint density at radius 1 is 1.60 bits per heavy atom. The van der Waals surface area contributed by atoms with Crippen LogP contribution in [0.3, 0.4) is 0 Å². The van der Waals surface area contributed by atoms with Gasteiger partial charge in [-0.05, 0) is 12.5 Å². The van der Waals surface area contributed by atoms with Gasteiger partial charge in [0.05, 0.1) is 8.07 Å². The second-order valence-electron chi connectivity index (χ2n) is 3.36. The minimum absolute atomic E-state index is 0.408. The highest BCUT2D eigenvalue weighted by molar-refractivity contribution is 6.85. The monoisotopic (exact) mass is 176 g/mol. The Balaban J connectivity index is 3.94. The first-order chi connectivity index (χ1) is 4.54. The fourth-order valence-electron chi connectivity index (χ4n) is 1.05. The van der Waals surface area contributed by atoms with E-state index in [0.29, 0.717) is 5.00 Å². The van der Waals surface area contributed by atoms with Crippen molar-refractivity contribution in [3.05, 3.63) is 12.7 Å². The lowest BCUT2D eigenvalue weighted by Gasteiger charge is -2.25. The SMILES string of the molecule is C=CC[Si](C)(C)C(Cl)CC. The maximum Gasteiger partial charge on any atom is 0.0715 e. The number of alkyl halides is 1. The summed E-state index contributed by atoms with van der Waals surface area (Å²) in [7, 11) is -1.16. The third-order valence-electron chi connectivity index (χ3n) is 1.88. The van der Waals surface area contributed by atoms with Gasteiger partial charge in [0, 0.05) is 5.00 Å². The third kappa shape index (κ3) is 2.89. The van der Waals surface area contributed by atoms with Crippen LogP contribution in [0.15, 0.2) is 12.7 Å². The molecule has 0 saturated carbocycles. The molecule has 60 valence electrons. The lowest BCUT2D eigenvalue weighted by atomic mass is 10.6. The van der Waals surface area contributed by atoms with Crippen LogP contribution in [0.5, 0.6) is 0 Å². The van der Waals surface area contributed by atoms with Crippen molar-refractivity contribution in [3.8, 4) is 0 Å². The first-order valence-electron chi connectivity index (χ1n) is 3.79. The Kier molecular flexibility index (Phi) is 4.30. The molecule has 0 N–H and O–H groups in total. The Morgan fingerprint density at radius 3 is 2.40 bits per heavy atom. The number of rotatable bonds is 4. The van der Waals surface area contributed by atoms with E-state index >= 15 is 0 Å². The second-order valence-corrected chi connectivity index (χ2v) is 9.33. The molecule has 0 fully saturated rings. The lowest BCUT2D eigenvalue weighted by molar-refractivity contribution is 0.992. The minimum atomic E-state index is -1.16. The predicted molar refractivity (Wildman–Crippen MR) is 52.4 cm³/mol. The van der Waals surface area contributed by atoms with Gasteiger partial charge in [0.25, 0.3) is 0 Å². The van der Waals surface area contributed by atoms with E-state index in [1.54, 1.807) is 0 Å². The van der Waals surface area contributed by atoms with Crippen molar-refractivity contribution in [1.29, 1.82) is 0 Å². The largest absolute Gasteiger partial charge is 0.127 e. The molecule has 0 aromatic rings. The zero-order valence-corrected chi connectivity index (χ0v) is 8.91.